The van der Waals surface area contributed by atoms with Crippen molar-refractivity contribution < 1.29 is 9.53 Å². The standard InChI is InChI=1S/C31H34N6O3/c1-35(22-13-14-22)17-6-10-27(38)36-18-5-7-23(19-36)37-20-26(28-29(37)31(39)34-33-30(28)32)21-11-15-25(16-12-21)40-24-8-3-2-4-9-24/h2-4,6,8-12,15-16,20,22-23H,5,7,13-14,17-19H2,1H3,(H2,32,33)(H,34,39)/b10-6+/t23-/m1/s1. The third-order valence-electron chi connectivity index (χ3n) is 7.85. The number of likely N-dealkylation sites (tertiary alicyclic amines) is 1. The molecule has 1 saturated heterocycles. The molecule has 0 bridgehead atoms. The molecule has 1 saturated carbocycles. The number of carbonyl (C=O) groups is 1. The van der Waals surface area contributed by atoms with E-state index in [1.165, 1.54) is 12.8 Å². The Balaban J connectivity index is 1.26. The maximum absolute atomic E-state index is 13.1. The van der Waals surface area contributed by atoms with E-state index in [1.54, 1.807) is 6.08 Å². The van der Waals surface area contributed by atoms with E-state index in [2.05, 4.69) is 22.1 Å². The zero-order valence-corrected chi connectivity index (χ0v) is 22.6. The second kappa shape index (κ2) is 11.0. The van der Waals surface area contributed by atoms with Crippen LogP contribution < -0.4 is 16.0 Å². The maximum Gasteiger partial charge on any atom is 0.288 e. The third kappa shape index (κ3) is 5.37. The average molecular weight is 539 g/mol. The van der Waals surface area contributed by atoms with Gasteiger partial charge in [0.05, 0.1) is 11.4 Å². The molecule has 206 valence electrons. The number of anilines is 1. The second-order valence-electron chi connectivity index (χ2n) is 10.7. The molecule has 1 atom stereocenters. The highest BCUT2D eigenvalue weighted by atomic mass is 16.5. The molecule has 6 rings (SSSR count). The number of para-hydroxylation sites is 1. The molecular weight excluding hydrogens is 504 g/mol. The number of nitrogens with zero attached hydrogens (tertiary/aromatic N) is 4. The minimum Gasteiger partial charge on any atom is -0.457 e. The Kier molecular flexibility index (Phi) is 7.13. The van der Waals surface area contributed by atoms with E-state index in [-0.39, 0.29) is 23.3 Å². The van der Waals surface area contributed by atoms with E-state index in [0.717, 1.165) is 36.3 Å². The van der Waals surface area contributed by atoms with Crippen LogP contribution in [0.15, 0.2) is 77.7 Å². The Morgan fingerprint density at radius 3 is 2.62 bits per heavy atom. The molecule has 9 heteroatoms. The van der Waals surface area contributed by atoms with Crippen LogP contribution in [0.5, 0.6) is 11.5 Å². The van der Waals surface area contributed by atoms with Crippen molar-refractivity contribution in [1.29, 1.82) is 0 Å². The topological polar surface area (TPSA) is 109 Å². The van der Waals surface area contributed by atoms with Crippen LogP contribution in [-0.4, -0.2) is 63.2 Å². The van der Waals surface area contributed by atoms with Gasteiger partial charge in [0.1, 0.15) is 17.0 Å². The van der Waals surface area contributed by atoms with Gasteiger partial charge in [-0.3, -0.25) is 14.5 Å². The fourth-order valence-corrected chi connectivity index (χ4v) is 5.54. The predicted octanol–water partition coefficient (Wildman–Crippen LogP) is 4.58. The summed E-state index contributed by atoms with van der Waals surface area (Å²) in [7, 11) is 2.10. The average Bonchev–Trinajstić information content (AvgIpc) is 3.75. The number of hydrogen-bond acceptors (Lipinski definition) is 6. The highest BCUT2D eigenvalue weighted by molar-refractivity contribution is 6.02. The van der Waals surface area contributed by atoms with Crippen molar-refractivity contribution in [2.24, 2.45) is 0 Å². The summed E-state index contributed by atoms with van der Waals surface area (Å²) < 4.78 is 7.93. The van der Waals surface area contributed by atoms with Crippen molar-refractivity contribution >= 4 is 22.6 Å². The lowest BCUT2D eigenvalue weighted by Crippen LogP contribution is -2.40. The summed E-state index contributed by atoms with van der Waals surface area (Å²) in [5, 5.41) is 7.22. The number of amides is 1. The van der Waals surface area contributed by atoms with Gasteiger partial charge in [-0.25, -0.2) is 5.10 Å². The summed E-state index contributed by atoms with van der Waals surface area (Å²) in [5.41, 5.74) is 8.22. The van der Waals surface area contributed by atoms with Crippen LogP contribution in [0.2, 0.25) is 0 Å². The molecule has 1 aliphatic carbocycles. The minimum absolute atomic E-state index is 0.00896. The molecule has 0 unspecified atom stereocenters. The zero-order chi connectivity index (χ0) is 27.6. The summed E-state index contributed by atoms with van der Waals surface area (Å²) in [4.78, 5) is 30.2. The molecule has 3 heterocycles. The first-order valence-corrected chi connectivity index (χ1v) is 13.9. The highest BCUT2D eigenvalue weighted by Crippen LogP contribution is 2.36. The fraction of sp³-hybridized carbons (Fsp3) is 0.323. The first-order chi connectivity index (χ1) is 19.5. The van der Waals surface area contributed by atoms with Crippen LogP contribution in [0, 0.1) is 0 Å². The van der Waals surface area contributed by atoms with Gasteiger partial charge in [-0.1, -0.05) is 36.4 Å². The number of rotatable bonds is 8. The molecule has 0 radical (unpaired) electrons. The van der Waals surface area contributed by atoms with E-state index < -0.39 is 0 Å². The Labute approximate surface area is 232 Å². The molecular formula is C31H34N6O3. The number of carbonyl (C=O) groups excluding carboxylic acids is 1. The van der Waals surface area contributed by atoms with Crippen molar-refractivity contribution in [2.45, 2.75) is 37.8 Å². The van der Waals surface area contributed by atoms with E-state index >= 15 is 0 Å². The van der Waals surface area contributed by atoms with Crippen LogP contribution in [0.4, 0.5) is 5.82 Å². The molecule has 2 aromatic heterocycles. The highest BCUT2D eigenvalue weighted by Gasteiger charge is 2.28. The molecule has 1 aliphatic heterocycles. The summed E-state index contributed by atoms with van der Waals surface area (Å²) in [6, 6.07) is 17.9. The number of H-pyrrole nitrogens is 1. The number of fused-ring (bicyclic) bond motifs is 1. The summed E-state index contributed by atoms with van der Waals surface area (Å²) in [6.07, 6.45) is 9.80. The van der Waals surface area contributed by atoms with Crippen molar-refractivity contribution in [2.75, 3.05) is 32.4 Å². The molecule has 3 N–H and O–H groups in total. The van der Waals surface area contributed by atoms with E-state index in [4.69, 9.17) is 10.5 Å². The first kappa shape index (κ1) is 25.9. The second-order valence-corrected chi connectivity index (χ2v) is 10.7. The van der Waals surface area contributed by atoms with Gasteiger partial charge in [0, 0.05) is 43.5 Å². The van der Waals surface area contributed by atoms with Gasteiger partial charge in [0.15, 0.2) is 5.82 Å². The third-order valence-corrected chi connectivity index (χ3v) is 7.85. The fourth-order valence-electron chi connectivity index (χ4n) is 5.54. The maximum atomic E-state index is 13.1. The van der Waals surface area contributed by atoms with Gasteiger partial charge in [-0.15, -0.1) is 0 Å². The number of nitrogens with two attached hydrogens (primary N) is 1. The zero-order valence-electron chi connectivity index (χ0n) is 22.6. The number of hydrogen-bond donors (Lipinski definition) is 2. The monoisotopic (exact) mass is 538 g/mol. The van der Waals surface area contributed by atoms with Gasteiger partial charge in [0.25, 0.3) is 5.56 Å². The lowest BCUT2D eigenvalue weighted by molar-refractivity contribution is -0.127. The molecule has 2 aliphatic rings. The van der Waals surface area contributed by atoms with Gasteiger partial charge in [-0.05, 0) is 62.6 Å². The van der Waals surface area contributed by atoms with Crippen LogP contribution in [0.1, 0.15) is 31.7 Å². The molecule has 4 aromatic rings. The van der Waals surface area contributed by atoms with Crippen LogP contribution in [-0.2, 0) is 4.79 Å². The molecule has 40 heavy (non-hydrogen) atoms. The Hall–Kier alpha value is -4.37. The Morgan fingerprint density at radius 2 is 1.88 bits per heavy atom. The number of aromatic nitrogens is 3. The largest absolute Gasteiger partial charge is 0.457 e. The van der Waals surface area contributed by atoms with E-state index in [0.29, 0.717) is 35.8 Å². The van der Waals surface area contributed by atoms with Crippen molar-refractivity contribution in [1.82, 2.24) is 24.6 Å². The van der Waals surface area contributed by atoms with Gasteiger partial charge < -0.3 is 19.9 Å². The SMILES string of the molecule is CN(C/C=C/C(=O)N1CCC[C@@H](n2cc(-c3ccc(Oc4ccccc4)cc3)c3c(N)n[nH]c(=O)c32)C1)C1CC1. The number of nitrogen functional groups attached to an aromatic ring is 1. The van der Waals surface area contributed by atoms with Crippen LogP contribution in [0.25, 0.3) is 22.0 Å². The van der Waals surface area contributed by atoms with Crippen molar-refractivity contribution in [3.63, 3.8) is 0 Å². The number of benzene rings is 2. The Bertz CT molecular complexity index is 1590. The first-order valence-electron chi connectivity index (χ1n) is 13.9. The number of likely N-dealkylation sites (N-methyl/N-ethyl adjacent to an activating group) is 1. The summed E-state index contributed by atoms with van der Waals surface area (Å²) in [6.45, 7) is 2.00. The lowest BCUT2D eigenvalue weighted by atomic mass is 10.1. The van der Waals surface area contributed by atoms with Crippen LogP contribution in [0.3, 0.4) is 0 Å². The van der Waals surface area contributed by atoms with Crippen molar-refractivity contribution in [3.05, 3.63) is 83.3 Å². The normalized spacial score (nSPS) is 17.6. The molecule has 2 fully saturated rings. The molecule has 1 amide bonds. The van der Waals surface area contributed by atoms with Gasteiger partial charge >= 0.3 is 0 Å². The summed E-state index contributed by atoms with van der Waals surface area (Å²) in [5.74, 6) is 1.74. The predicted molar refractivity (Wildman–Crippen MR) is 156 cm³/mol. The lowest BCUT2D eigenvalue weighted by Gasteiger charge is -2.33. The van der Waals surface area contributed by atoms with Gasteiger partial charge in [0.2, 0.25) is 5.91 Å². The van der Waals surface area contributed by atoms with Crippen LogP contribution >= 0.6 is 0 Å². The smallest absolute Gasteiger partial charge is 0.288 e. The summed E-state index contributed by atoms with van der Waals surface area (Å²) >= 11 is 0. The molecule has 9 nitrogen and oxygen atoms in total. The quantitative estimate of drug-likeness (QED) is 0.318. The number of ether oxygens (including phenoxy) is 1. The Morgan fingerprint density at radius 1 is 1.12 bits per heavy atom. The molecule has 2 aromatic carbocycles. The van der Waals surface area contributed by atoms with Gasteiger partial charge in [-0.2, -0.15) is 5.10 Å². The van der Waals surface area contributed by atoms with E-state index in [9.17, 15) is 9.59 Å². The number of nitrogens with one attached hydrogen (secondary N) is 1. The number of piperidine rings is 1. The van der Waals surface area contributed by atoms with E-state index in [1.807, 2.05) is 76.3 Å². The van der Waals surface area contributed by atoms with Crippen molar-refractivity contribution in [3.8, 4) is 22.6 Å². The minimum atomic E-state index is -0.300. The number of aromatic amines is 1. The molecule has 0 spiro atoms.